The summed E-state index contributed by atoms with van der Waals surface area (Å²) in [5.41, 5.74) is 2.02. The Morgan fingerprint density at radius 3 is 1.86 bits per heavy atom. The Kier molecular flexibility index (Phi) is 18.7. The summed E-state index contributed by atoms with van der Waals surface area (Å²) >= 11 is 0. The third kappa shape index (κ3) is 15.3. The van der Waals surface area contributed by atoms with Gasteiger partial charge in [-0.15, -0.1) is 0 Å². The van der Waals surface area contributed by atoms with Gasteiger partial charge in [0.1, 0.15) is 23.5 Å². The van der Waals surface area contributed by atoms with Crippen molar-refractivity contribution in [2.45, 2.75) is 78.4 Å². The van der Waals surface area contributed by atoms with Crippen LogP contribution in [0.1, 0.15) is 69.6 Å². The van der Waals surface area contributed by atoms with E-state index >= 15 is 0 Å². The van der Waals surface area contributed by atoms with Crippen molar-refractivity contribution in [3.05, 3.63) is 40.6 Å². The highest BCUT2D eigenvalue weighted by Crippen LogP contribution is 2.35. The molecule has 1 aliphatic heterocycles. The standard InChI is InChI=1S/C38H62N2O10/c1-6-38(4,5)50-34(41)28-48-24-23-46-20-18-40-15-13-39(14-16-40)17-19-45-21-22-47-25-26-49-32-10-8-31(9-11-32)36(42)35(37(43)44)33-12-7-29(2)27-30(33)3/h7,12,27,31-32,42H,6,8-11,13-26,28H2,1-5H3,(H,43,44)/b36-35+. The number of nitrogens with zero attached hydrogens (tertiary/aromatic N) is 2. The molecule has 50 heavy (non-hydrogen) atoms. The van der Waals surface area contributed by atoms with E-state index in [9.17, 15) is 19.8 Å². The first-order valence-corrected chi connectivity index (χ1v) is 18.3. The zero-order valence-electron chi connectivity index (χ0n) is 31.1. The molecule has 1 aromatic rings. The summed E-state index contributed by atoms with van der Waals surface area (Å²) in [5.74, 6) is -1.65. The molecule has 0 bridgehead atoms. The number of ether oxygens (including phenoxy) is 6. The van der Waals surface area contributed by atoms with E-state index in [1.165, 1.54) is 0 Å². The lowest BCUT2D eigenvalue weighted by Crippen LogP contribution is -2.48. The molecular formula is C38H62N2O10. The van der Waals surface area contributed by atoms with Gasteiger partial charge in [-0.05, 0) is 70.9 Å². The molecule has 0 unspecified atom stereocenters. The number of hydrogen-bond donors (Lipinski definition) is 2. The van der Waals surface area contributed by atoms with Gasteiger partial charge in [0, 0.05) is 45.2 Å². The Morgan fingerprint density at radius 2 is 1.32 bits per heavy atom. The highest BCUT2D eigenvalue weighted by atomic mass is 16.6. The van der Waals surface area contributed by atoms with Crippen LogP contribution in [0.25, 0.3) is 5.57 Å². The van der Waals surface area contributed by atoms with E-state index in [1.807, 2.05) is 46.8 Å². The number of rotatable bonds is 23. The molecule has 0 spiro atoms. The Hall–Kier alpha value is -2.58. The van der Waals surface area contributed by atoms with Crippen LogP contribution in [0, 0.1) is 19.8 Å². The fourth-order valence-corrected chi connectivity index (χ4v) is 6.17. The molecule has 0 aromatic heterocycles. The molecule has 1 aromatic carbocycles. The maximum absolute atomic E-state index is 12.1. The number of aryl methyl sites for hydroxylation is 2. The van der Waals surface area contributed by atoms with E-state index in [-0.39, 0.29) is 35.9 Å². The average molecular weight is 707 g/mol. The fourth-order valence-electron chi connectivity index (χ4n) is 6.17. The van der Waals surface area contributed by atoms with Crippen LogP contribution in [0.15, 0.2) is 24.0 Å². The normalized spacial score (nSPS) is 19.7. The monoisotopic (exact) mass is 706 g/mol. The van der Waals surface area contributed by atoms with Gasteiger partial charge >= 0.3 is 11.9 Å². The van der Waals surface area contributed by atoms with Crippen molar-refractivity contribution < 1.29 is 48.2 Å². The lowest BCUT2D eigenvalue weighted by atomic mass is 9.83. The van der Waals surface area contributed by atoms with Crippen LogP contribution in [0.2, 0.25) is 0 Å². The first-order chi connectivity index (χ1) is 24.0. The minimum Gasteiger partial charge on any atom is -0.511 e. The van der Waals surface area contributed by atoms with Crippen LogP contribution in [0.5, 0.6) is 0 Å². The summed E-state index contributed by atoms with van der Waals surface area (Å²) < 4.78 is 33.9. The summed E-state index contributed by atoms with van der Waals surface area (Å²) in [7, 11) is 0. The van der Waals surface area contributed by atoms with Gasteiger partial charge in [0.25, 0.3) is 0 Å². The summed E-state index contributed by atoms with van der Waals surface area (Å²) in [6, 6.07) is 5.60. The van der Waals surface area contributed by atoms with Crippen LogP contribution >= 0.6 is 0 Å². The number of aliphatic hydroxyl groups excluding tert-OH is 1. The van der Waals surface area contributed by atoms with E-state index in [0.717, 1.165) is 69.7 Å². The number of carbonyl (C=O) groups excluding carboxylic acids is 1. The van der Waals surface area contributed by atoms with Crippen molar-refractivity contribution in [1.29, 1.82) is 0 Å². The Bertz CT molecular complexity index is 1190. The van der Waals surface area contributed by atoms with E-state index < -0.39 is 11.6 Å². The van der Waals surface area contributed by atoms with Crippen molar-refractivity contribution in [3.8, 4) is 0 Å². The predicted octanol–water partition coefficient (Wildman–Crippen LogP) is 4.65. The molecule has 284 valence electrons. The quantitative estimate of drug-likeness (QED) is 0.0710. The van der Waals surface area contributed by atoms with Gasteiger partial charge in [0.15, 0.2) is 0 Å². The lowest BCUT2D eigenvalue weighted by molar-refractivity contribution is -0.162. The number of hydrogen-bond acceptors (Lipinski definition) is 11. The molecule has 1 saturated heterocycles. The Labute approximate surface area is 299 Å². The molecule has 0 radical (unpaired) electrons. The first-order valence-electron chi connectivity index (χ1n) is 18.3. The molecule has 2 aliphatic rings. The Morgan fingerprint density at radius 1 is 0.780 bits per heavy atom. The highest BCUT2D eigenvalue weighted by Gasteiger charge is 2.29. The molecule has 2 N–H and O–H groups in total. The van der Waals surface area contributed by atoms with Gasteiger partial charge in [-0.3, -0.25) is 9.80 Å². The fraction of sp³-hybridized carbons (Fsp3) is 0.737. The van der Waals surface area contributed by atoms with Crippen LogP contribution in [-0.4, -0.2) is 142 Å². The molecule has 3 rings (SSSR count). The summed E-state index contributed by atoms with van der Waals surface area (Å²) in [6.07, 6.45) is 3.76. The van der Waals surface area contributed by atoms with Crippen LogP contribution in [0.4, 0.5) is 0 Å². The molecule has 12 nitrogen and oxygen atoms in total. The van der Waals surface area contributed by atoms with E-state index in [0.29, 0.717) is 71.3 Å². The van der Waals surface area contributed by atoms with Gasteiger partial charge in [0.05, 0.1) is 59.0 Å². The Balaban J connectivity index is 1.13. The van der Waals surface area contributed by atoms with Crippen LogP contribution in [-0.2, 0) is 38.0 Å². The van der Waals surface area contributed by atoms with E-state index in [2.05, 4.69) is 9.80 Å². The molecule has 0 atom stereocenters. The number of esters is 1. The highest BCUT2D eigenvalue weighted by molar-refractivity contribution is 6.16. The number of carboxylic acid groups (broad SMARTS) is 1. The van der Waals surface area contributed by atoms with Gasteiger partial charge in [-0.25, -0.2) is 9.59 Å². The zero-order chi connectivity index (χ0) is 36.4. The first kappa shape index (κ1) is 41.8. The van der Waals surface area contributed by atoms with Crippen molar-refractivity contribution in [2.24, 2.45) is 5.92 Å². The molecule has 12 heteroatoms. The van der Waals surface area contributed by atoms with Crippen LogP contribution in [0.3, 0.4) is 0 Å². The second-order valence-electron chi connectivity index (χ2n) is 13.9. The second kappa shape index (κ2) is 22.4. The SMILES string of the molecule is CCC(C)(C)OC(=O)COCCOCCN1CCN(CCOCCOCCOC2CCC(/C(O)=C(\C(=O)O)c3ccc(C)cc3C)CC2)CC1. The number of aliphatic hydroxyl groups is 1. The average Bonchev–Trinajstić information content (AvgIpc) is 3.08. The summed E-state index contributed by atoms with van der Waals surface area (Å²) in [5, 5.41) is 20.8. The number of allylic oxidation sites excluding steroid dienone is 1. The maximum Gasteiger partial charge on any atom is 0.339 e. The number of carbonyl (C=O) groups is 2. The molecule has 1 heterocycles. The molecule has 1 aliphatic carbocycles. The number of aliphatic carboxylic acids is 1. The minimum absolute atomic E-state index is 0.0103. The molecule has 0 amide bonds. The van der Waals surface area contributed by atoms with Crippen molar-refractivity contribution in [2.75, 3.05) is 98.7 Å². The third-order valence-electron chi connectivity index (χ3n) is 9.54. The van der Waals surface area contributed by atoms with E-state index in [1.54, 1.807) is 6.07 Å². The lowest BCUT2D eigenvalue weighted by Gasteiger charge is -2.34. The van der Waals surface area contributed by atoms with Crippen LogP contribution < -0.4 is 0 Å². The number of carboxylic acids is 1. The van der Waals surface area contributed by atoms with Crippen molar-refractivity contribution in [1.82, 2.24) is 9.80 Å². The second-order valence-corrected chi connectivity index (χ2v) is 13.9. The van der Waals surface area contributed by atoms with Gasteiger partial charge < -0.3 is 38.6 Å². The minimum atomic E-state index is -1.10. The number of benzene rings is 1. The largest absolute Gasteiger partial charge is 0.511 e. The van der Waals surface area contributed by atoms with E-state index in [4.69, 9.17) is 28.4 Å². The third-order valence-corrected chi connectivity index (χ3v) is 9.54. The smallest absolute Gasteiger partial charge is 0.339 e. The maximum atomic E-state index is 12.1. The molecule has 2 fully saturated rings. The van der Waals surface area contributed by atoms with Gasteiger partial charge in [-0.1, -0.05) is 30.7 Å². The van der Waals surface area contributed by atoms with Gasteiger partial charge in [-0.2, -0.15) is 0 Å². The van der Waals surface area contributed by atoms with Crippen molar-refractivity contribution >= 4 is 17.5 Å². The number of piperazine rings is 1. The molecule has 1 saturated carbocycles. The van der Waals surface area contributed by atoms with Gasteiger partial charge in [0.2, 0.25) is 0 Å². The topological polar surface area (TPSA) is 136 Å². The zero-order valence-corrected chi connectivity index (χ0v) is 31.1. The van der Waals surface area contributed by atoms with Crippen molar-refractivity contribution in [3.63, 3.8) is 0 Å². The molecular weight excluding hydrogens is 644 g/mol. The summed E-state index contributed by atoms with van der Waals surface area (Å²) in [4.78, 5) is 28.7. The predicted molar refractivity (Wildman–Crippen MR) is 191 cm³/mol. The summed E-state index contributed by atoms with van der Waals surface area (Å²) in [6.45, 7) is 19.5.